The predicted molar refractivity (Wildman–Crippen MR) is 157 cm³/mol. The highest BCUT2D eigenvalue weighted by atomic mass is 35.5. The normalized spacial score (nSPS) is 30.2. The van der Waals surface area contributed by atoms with Crippen LogP contribution in [0.5, 0.6) is 5.75 Å². The Kier molecular flexibility index (Phi) is 7.79. The van der Waals surface area contributed by atoms with Crippen molar-refractivity contribution in [1.29, 1.82) is 0 Å². The average Bonchev–Trinajstić information content (AvgIpc) is 3.06. The SMILES string of the molecule is CC[C@@H]1CCCOC[C@@H]2CC[C@H]2CN2C[C@@]3(CCCc4cc(Cl)ccc43)COc3ccc(cc32)C(=O)NS1(=O)=O. The molecule has 1 amide bonds. The van der Waals surface area contributed by atoms with Gasteiger partial charge in [-0.3, -0.25) is 4.79 Å². The Bertz CT molecular complexity index is 1380. The first-order chi connectivity index (χ1) is 19.3. The molecule has 2 heterocycles. The molecular weight excluding hydrogens is 548 g/mol. The van der Waals surface area contributed by atoms with Crippen LogP contribution in [0.25, 0.3) is 0 Å². The van der Waals surface area contributed by atoms with Crippen LogP contribution in [0.4, 0.5) is 5.69 Å². The molecule has 1 spiro atoms. The number of carbonyl (C=O) groups excluding carboxylic acids is 1. The molecule has 2 bridgehead atoms. The molecule has 1 saturated carbocycles. The number of fused-ring (bicyclic) bond motifs is 4. The number of halogens is 1. The molecule has 40 heavy (non-hydrogen) atoms. The summed E-state index contributed by atoms with van der Waals surface area (Å²) < 4.78 is 41.2. The van der Waals surface area contributed by atoms with Crippen LogP contribution < -0.4 is 14.4 Å². The van der Waals surface area contributed by atoms with Crippen LogP contribution in [0.15, 0.2) is 36.4 Å². The van der Waals surface area contributed by atoms with E-state index in [9.17, 15) is 13.2 Å². The largest absolute Gasteiger partial charge is 0.490 e. The number of aryl methyl sites for hydroxylation is 1. The van der Waals surface area contributed by atoms with Crippen molar-refractivity contribution in [2.45, 2.75) is 69.0 Å². The van der Waals surface area contributed by atoms with E-state index in [0.29, 0.717) is 56.5 Å². The lowest BCUT2D eigenvalue weighted by Gasteiger charge is -2.44. The fraction of sp³-hybridized carbons (Fsp3) is 0.581. The molecule has 2 aromatic carbocycles. The molecule has 2 aliphatic heterocycles. The quantitative estimate of drug-likeness (QED) is 0.476. The van der Waals surface area contributed by atoms with Gasteiger partial charge >= 0.3 is 0 Å². The summed E-state index contributed by atoms with van der Waals surface area (Å²) in [6.45, 7) is 5.23. The Labute approximate surface area is 242 Å². The van der Waals surface area contributed by atoms with Crippen LogP contribution in [0.1, 0.15) is 73.4 Å². The second kappa shape index (κ2) is 11.2. The summed E-state index contributed by atoms with van der Waals surface area (Å²) in [6.07, 6.45) is 6.92. The molecule has 1 N–H and O–H groups in total. The minimum Gasteiger partial charge on any atom is -0.490 e. The van der Waals surface area contributed by atoms with E-state index in [4.69, 9.17) is 21.1 Å². The third-order valence-corrected chi connectivity index (χ3v) is 11.8. The van der Waals surface area contributed by atoms with Crippen molar-refractivity contribution in [3.8, 4) is 5.75 Å². The maximum Gasteiger partial charge on any atom is 0.264 e. The predicted octanol–water partition coefficient (Wildman–Crippen LogP) is 5.49. The summed E-state index contributed by atoms with van der Waals surface area (Å²) in [5, 5.41) is 0.122. The first-order valence-electron chi connectivity index (χ1n) is 14.7. The van der Waals surface area contributed by atoms with E-state index in [1.54, 1.807) is 6.07 Å². The van der Waals surface area contributed by atoms with Gasteiger partial charge in [0.1, 0.15) is 5.75 Å². The lowest BCUT2D eigenvalue weighted by molar-refractivity contribution is 0.0324. The molecule has 2 aromatic rings. The summed E-state index contributed by atoms with van der Waals surface area (Å²) in [6, 6.07) is 11.6. The van der Waals surface area contributed by atoms with E-state index in [1.807, 2.05) is 25.1 Å². The van der Waals surface area contributed by atoms with Crippen molar-refractivity contribution >= 4 is 33.2 Å². The van der Waals surface area contributed by atoms with Gasteiger partial charge in [0.25, 0.3) is 5.91 Å². The standard InChI is InChI=1S/C31H39ClN2O5S/c1-2-26-6-4-14-38-18-24-8-7-23(24)17-34-19-31(13-3-5-21-15-25(32)10-11-27(21)31)20-39-29-12-9-22(16-28(29)34)30(35)33-40(26,36)37/h9-12,15-16,23-24,26H,2-8,13-14,17-20H2,1H3,(H,33,35)/t23-,24-,26+,31-/m0/s1. The first kappa shape index (κ1) is 27.9. The van der Waals surface area contributed by atoms with Gasteiger partial charge in [-0.05, 0) is 105 Å². The van der Waals surface area contributed by atoms with E-state index in [1.165, 1.54) is 11.1 Å². The van der Waals surface area contributed by atoms with Crippen molar-refractivity contribution in [1.82, 2.24) is 4.72 Å². The van der Waals surface area contributed by atoms with Gasteiger partial charge < -0.3 is 14.4 Å². The number of nitrogens with one attached hydrogen (secondary N) is 1. The number of rotatable bonds is 1. The zero-order valence-electron chi connectivity index (χ0n) is 23.2. The van der Waals surface area contributed by atoms with E-state index in [2.05, 4.69) is 21.8 Å². The molecule has 0 saturated heterocycles. The Balaban J connectivity index is 1.39. The molecule has 9 heteroatoms. The minimum absolute atomic E-state index is 0.201. The smallest absolute Gasteiger partial charge is 0.264 e. The maximum atomic E-state index is 13.3. The zero-order chi connectivity index (χ0) is 27.9. The number of hydrogen-bond acceptors (Lipinski definition) is 6. The average molecular weight is 587 g/mol. The fourth-order valence-corrected chi connectivity index (χ4v) is 8.79. The molecule has 7 nitrogen and oxygen atoms in total. The minimum atomic E-state index is -3.82. The highest BCUT2D eigenvalue weighted by Gasteiger charge is 2.43. The molecule has 2 aliphatic carbocycles. The first-order valence-corrected chi connectivity index (χ1v) is 16.6. The second-order valence-electron chi connectivity index (χ2n) is 12.1. The zero-order valence-corrected chi connectivity index (χ0v) is 24.7. The number of hydrogen-bond donors (Lipinski definition) is 1. The van der Waals surface area contributed by atoms with Crippen LogP contribution in [0.3, 0.4) is 0 Å². The van der Waals surface area contributed by atoms with Gasteiger partial charge in [0.05, 0.1) is 17.5 Å². The molecule has 6 rings (SSSR count). The number of sulfonamides is 1. The van der Waals surface area contributed by atoms with Gasteiger partial charge in [-0.2, -0.15) is 0 Å². The third-order valence-electron chi connectivity index (χ3n) is 9.61. The molecule has 0 radical (unpaired) electrons. The Morgan fingerprint density at radius 3 is 2.75 bits per heavy atom. The van der Waals surface area contributed by atoms with E-state index >= 15 is 0 Å². The molecule has 216 valence electrons. The van der Waals surface area contributed by atoms with Crippen molar-refractivity contribution in [2.75, 3.05) is 37.8 Å². The van der Waals surface area contributed by atoms with Gasteiger partial charge in [-0.15, -0.1) is 0 Å². The van der Waals surface area contributed by atoms with Crippen molar-refractivity contribution in [2.24, 2.45) is 11.8 Å². The molecule has 1 fully saturated rings. The number of benzene rings is 2. The summed E-state index contributed by atoms with van der Waals surface area (Å²) in [7, 11) is -3.82. The highest BCUT2D eigenvalue weighted by Crippen LogP contribution is 2.46. The van der Waals surface area contributed by atoms with Gasteiger partial charge in [-0.1, -0.05) is 24.6 Å². The van der Waals surface area contributed by atoms with Gasteiger partial charge in [0.2, 0.25) is 10.0 Å². The molecule has 4 aliphatic rings. The monoisotopic (exact) mass is 586 g/mol. The van der Waals surface area contributed by atoms with Crippen LogP contribution in [0.2, 0.25) is 5.02 Å². The van der Waals surface area contributed by atoms with Crippen LogP contribution in [0, 0.1) is 11.8 Å². The number of carbonyl (C=O) groups is 1. The van der Waals surface area contributed by atoms with E-state index in [-0.39, 0.29) is 5.41 Å². The van der Waals surface area contributed by atoms with Gasteiger partial charge in [-0.25, -0.2) is 13.1 Å². The van der Waals surface area contributed by atoms with Crippen molar-refractivity contribution in [3.63, 3.8) is 0 Å². The lowest BCUT2D eigenvalue weighted by atomic mass is 9.69. The van der Waals surface area contributed by atoms with Crippen molar-refractivity contribution < 1.29 is 22.7 Å². The molecule has 0 aromatic heterocycles. The number of amides is 1. The number of anilines is 1. The van der Waals surface area contributed by atoms with Crippen LogP contribution in [-0.2, 0) is 26.6 Å². The van der Waals surface area contributed by atoms with Crippen LogP contribution >= 0.6 is 11.6 Å². The van der Waals surface area contributed by atoms with Crippen molar-refractivity contribution in [3.05, 3.63) is 58.1 Å². The topological polar surface area (TPSA) is 84.9 Å². The van der Waals surface area contributed by atoms with Crippen LogP contribution in [-0.4, -0.2) is 52.5 Å². The lowest BCUT2D eigenvalue weighted by Crippen LogP contribution is -2.48. The van der Waals surface area contributed by atoms with Gasteiger partial charge in [0, 0.05) is 42.3 Å². The highest BCUT2D eigenvalue weighted by molar-refractivity contribution is 7.90. The second-order valence-corrected chi connectivity index (χ2v) is 14.5. The summed E-state index contributed by atoms with van der Waals surface area (Å²) in [5.41, 5.74) is 3.57. The Hall–Kier alpha value is -2.29. The number of nitrogens with zero attached hydrogens (tertiary/aromatic N) is 1. The third kappa shape index (κ3) is 5.35. The summed E-state index contributed by atoms with van der Waals surface area (Å²) in [4.78, 5) is 15.7. The van der Waals surface area contributed by atoms with E-state index in [0.717, 1.165) is 61.7 Å². The van der Waals surface area contributed by atoms with Gasteiger partial charge in [0.15, 0.2) is 0 Å². The maximum absolute atomic E-state index is 13.3. The molecular formula is C31H39ClN2O5S. The Morgan fingerprint density at radius 2 is 1.95 bits per heavy atom. The molecule has 4 atom stereocenters. The summed E-state index contributed by atoms with van der Waals surface area (Å²) >= 11 is 6.38. The van der Waals surface area contributed by atoms with E-state index < -0.39 is 21.2 Å². The number of ether oxygens (including phenoxy) is 2. The fourth-order valence-electron chi connectivity index (χ4n) is 7.13. The summed E-state index contributed by atoms with van der Waals surface area (Å²) in [5.74, 6) is 1.11. The molecule has 0 unspecified atom stereocenters. The Morgan fingerprint density at radius 1 is 1.10 bits per heavy atom.